The van der Waals surface area contributed by atoms with Crippen LogP contribution >= 0.6 is 0 Å². The molecular weight excluding hydrogens is 258 g/mol. The van der Waals surface area contributed by atoms with E-state index in [2.05, 4.69) is 49.9 Å². The summed E-state index contributed by atoms with van der Waals surface area (Å²) in [6.07, 6.45) is 4.59. The molecule has 0 saturated carbocycles. The topological polar surface area (TPSA) is 23.5 Å². The van der Waals surface area contributed by atoms with Gasteiger partial charge in [0.2, 0.25) is 0 Å². The second-order valence-corrected chi connectivity index (χ2v) is 6.85. The van der Waals surface area contributed by atoms with Crippen LogP contribution in [0.1, 0.15) is 57.3 Å². The van der Waals surface area contributed by atoms with Gasteiger partial charge in [-0.3, -0.25) is 0 Å². The largest absolute Gasteiger partial charge is 0.387 e. The number of rotatable bonds is 5. The maximum absolute atomic E-state index is 10.5. The molecule has 1 aromatic carbocycles. The number of nitrogens with zero attached hydrogens (tertiary/aromatic N) is 1. The third kappa shape index (κ3) is 4.82. The minimum atomic E-state index is -0.355. The van der Waals surface area contributed by atoms with Gasteiger partial charge < -0.3 is 10.0 Å². The summed E-state index contributed by atoms with van der Waals surface area (Å²) < 4.78 is 0. The van der Waals surface area contributed by atoms with Crippen LogP contribution in [0, 0.1) is 11.8 Å². The predicted octanol–water partition coefficient (Wildman–Crippen LogP) is 4.04. The molecular formula is C19H31NO. The SMILES string of the molecule is CCc1ccc(C(O)CN2CCCC(C(C)C)CC2)cc1. The Hall–Kier alpha value is -0.860. The zero-order chi connectivity index (χ0) is 15.2. The third-order valence-corrected chi connectivity index (χ3v) is 5.01. The van der Waals surface area contributed by atoms with E-state index in [1.807, 2.05) is 0 Å². The molecule has 1 N–H and O–H groups in total. The summed E-state index contributed by atoms with van der Waals surface area (Å²) in [4.78, 5) is 2.45. The highest BCUT2D eigenvalue weighted by Crippen LogP contribution is 2.25. The first-order valence-corrected chi connectivity index (χ1v) is 8.59. The van der Waals surface area contributed by atoms with Gasteiger partial charge in [-0.15, -0.1) is 0 Å². The molecule has 118 valence electrons. The molecule has 1 aromatic rings. The molecule has 0 aromatic heterocycles. The van der Waals surface area contributed by atoms with Crippen molar-refractivity contribution in [2.45, 2.75) is 52.6 Å². The first-order chi connectivity index (χ1) is 10.1. The van der Waals surface area contributed by atoms with Crippen molar-refractivity contribution in [2.75, 3.05) is 19.6 Å². The number of likely N-dealkylation sites (tertiary alicyclic amines) is 1. The summed E-state index contributed by atoms with van der Waals surface area (Å²) >= 11 is 0. The zero-order valence-corrected chi connectivity index (χ0v) is 13.9. The van der Waals surface area contributed by atoms with Crippen LogP contribution in [0.4, 0.5) is 0 Å². The highest BCUT2D eigenvalue weighted by molar-refractivity contribution is 5.24. The van der Waals surface area contributed by atoms with Gasteiger partial charge in [0.05, 0.1) is 6.10 Å². The minimum absolute atomic E-state index is 0.355. The van der Waals surface area contributed by atoms with Crippen LogP contribution in [0.5, 0.6) is 0 Å². The van der Waals surface area contributed by atoms with Crippen molar-refractivity contribution in [3.05, 3.63) is 35.4 Å². The van der Waals surface area contributed by atoms with Crippen molar-refractivity contribution in [3.8, 4) is 0 Å². The van der Waals surface area contributed by atoms with Crippen molar-refractivity contribution in [2.24, 2.45) is 11.8 Å². The summed E-state index contributed by atoms with van der Waals surface area (Å²) in [7, 11) is 0. The Bertz CT molecular complexity index is 412. The summed E-state index contributed by atoms with van der Waals surface area (Å²) in [6.45, 7) is 9.87. The number of aliphatic hydroxyl groups is 1. The molecule has 2 rings (SSSR count). The minimum Gasteiger partial charge on any atom is -0.387 e. The van der Waals surface area contributed by atoms with Gasteiger partial charge in [0.25, 0.3) is 0 Å². The van der Waals surface area contributed by atoms with Gasteiger partial charge >= 0.3 is 0 Å². The standard InChI is InChI=1S/C19H31NO/c1-4-16-7-9-18(10-8-16)19(21)14-20-12-5-6-17(11-13-20)15(2)3/h7-10,15,17,19,21H,4-6,11-14H2,1-3H3. The van der Waals surface area contributed by atoms with Gasteiger partial charge in [-0.1, -0.05) is 45.0 Å². The van der Waals surface area contributed by atoms with Crippen LogP contribution in [0.2, 0.25) is 0 Å². The number of aryl methyl sites for hydroxylation is 1. The van der Waals surface area contributed by atoms with Crippen LogP contribution < -0.4 is 0 Å². The van der Waals surface area contributed by atoms with Gasteiger partial charge in [-0.05, 0) is 61.7 Å². The Labute approximate surface area is 130 Å². The van der Waals surface area contributed by atoms with E-state index in [1.165, 1.54) is 24.8 Å². The van der Waals surface area contributed by atoms with Gasteiger partial charge in [-0.25, -0.2) is 0 Å². The molecule has 0 bridgehead atoms. The van der Waals surface area contributed by atoms with Crippen LogP contribution in [-0.4, -0.2) is 29.6 Å². The Kier molecular flexibility index (Phi) is 6.25. The molecule has 0 aliphatic carbocycles. The smallest absolute Gasteiger partial charge is 0.0916 e. The fourth-order valence-electron chi connectivity index (χ4n) is 3.36. The highest BCUT2D eigenvalue weighted by Gasteiger charge is 2.21. The predicted molar refractivity (Wildman–Crippen MR) is 89.4 cm³/mol. The van der Waals surface area contributed by atoms with E-state index in [0.29, 0.717) is 0 Å². The van der Waals surface area contributed by atoms with E-state index in [-0.39, 0.29) is 6.10 Å². The molecule has 2 atom stereocenters. The van der Waals surface area contributed by atoms with E-state index in [9.17, 15) is 5.11 Å². The van der Waals surface area contributed by atoms with E-state index in [4.69, 9.17) is 0 Å². The van der Waals surface area contributed by atoms with Gasteiger partial charge in [0, 0.05) is 6.54 Å². The number of aliphatic hydroxyl groups excluding tert-OH is 1. The van der Waals surface area contributed by atoms with E-state index in [1.54, 1.807) is 0 Å². The van der Waals surface area contributed by atoms with Crippen LogP contribution in [0.15, 0.2) is 24.3 Å². The molecule has 2 unspecified atom stereocenters. The van der Waals surface area contributed by atoms with E-state index in [0.717, 1.165) is 43.5 Å². The van der Waals surface area contributed by atoms with Crippen molar-refractivity contribution < 1.29 is 5.11 Å². The van der Waals surface area contributed by atoms with Gasteiger partial charge in [-0.2, -0.15) is 0 Å². The quantitative estimate of drug-likeness (QED) is 0.884. The third-order valence-electron chi connectivity index (χ3n) is 5.01. The molecule has 21 heavy (non-hydrogen) atoms. The average molecular weight is 289 g/mol. The van der Waals surface area contributed by atoms with E-state index < -0.39 is 0 Å². The Morgan fingerprint density at radius 3 is 2.48 bits per heavy atom. The lowest BCUT2D eigenvalue weighted by Crippen LogP contribution is -2.30. The summed E-state index contributed by atoms with van der Waals surface area (Å²) in [5, 5.41) is 10.5. The first kappa shape index (κ1) is 16.5. The molecule has 1 saturated heterocycles. The average Bonchev–Trinajstić information content (AvgIpc) is 2.73. The second kappa shape index (κ2) is 7.95. The van der Waals surface area contributed by atoms with Crippen LogP contribution in [-0.2, 0) is 6.42 Å². The maximum atomic E-state index is 10.5. The van der Waals surface area contributed by atoms with Gasteiger partial charge in [0.1, 0.15) is 0 Å². The summed E-state index contributed by atoms with van der Waals surface area (Å²) in [5.41, 5.74) is 2.39. The molecule has 1 fully saturated rings. The molecule has 1 aliphatic rings. The van der Waals surface area contributed by atoms with Crippen molar-refractivity contribution >= 4 is 0 Å². The van der Waals surface area contributed by atoms with Crippen LogP contribution in [0.25, 0.3) is 0 Å². The number of β-amino-alcohol motifs (C(OH)–C–C–N with tert-alkyl or cyclic N) is 1. The van der Waals surface area contributed by atoms with Crippen molar-refractivity contribution in [1.29, 1.82) is 0 Å². The van der Waals surface area contributed by atoms with Gasteiger partial charge in [0.15, 0.2) is 0 Å². The fourth-order valence-corrected chi connectivity index (χ4v) is 3.36. The molecule has 0 radical (unpaired) electrons. The number of hydrogen-bond donors (Lipinski definition) is 1. The Balaban J connectivity index is 1.88. The fraction of sp³-hybridized carbons (Fsp3) is 0.684. The lowest BCUT2D eigenvalue weighted by molar-refractivity contribution is 0.114. The first-order valence-electron chi connectivity index (χ1n) is 8.59. The summed E-state index contributed by atoms with van der Waals surface area (Å²) in [5.74, 6) is 1.65. The molecule has 1 aliphatic heterocycles. The number of benzene rings is 1. The van der Waals surface area contributed by atoms with Crippen LogP contribution in [0.3, 0.4) is 0 Å². The normalized spacial score (nSPS) is 22.2. The zero-order valence-electron chi connectivity index (χ0n) is 13.9. The lowest BCUT2D eigenvalue weighted by Gasteiger charge is -2.24. The molecule has 0 amide bonds. The maximum Gasteiger partial charge on any atom is 0.0916 e. The Morgan fingerprint density at radius 2 is 1.86 bits per heavy atom. The molecule has 2 nitrogen and oxygen atoms in total. The molecule has 1 heterocycles. The van der Waals surface area contributed by atoms with Crippen molar-refractivity contribution in [3.63, 3.8) is 0 Å². The molecule has 0 spiro atoms. The molecule has 2 heteroatoms. The number of hydrogen-bond acceptors (Lipinski definition) is 2. The summed E-state index contributed by atoms with van der Waals surface area (Å²) in [6, 6.07) is 8.43. The van der Waals surface area contributed by atoms with E-state index >= 15 is 0 Å². The second-order valence-electron chi connectivity index (χ2n) is 6.85. The monoisotopic (exact) mass is 289 g/mol. The Morgan fingerprint density at radius 1 is 1.14 bits per heavy atom. The highest BCUT2D eigenvalue weighted by atomic mass is 16.3. The lowest BCUT2D eigenvalue weighted by atomic mass is 9.89. The van der Waals surface area contributed by atoms with Crippen molar-refractivity contribution in [1.82, 2.24) is 4.90 Å².